The Kier molecular flexibility index (Phi) is 8.33. The summed E-state index contributed by atoms with van der Waals surface area (Å²) < 4.78 is 13.6. The van der Waals surface area contributed by atoms with Gasteiger partial charge in [0.1, 0.15) is 11.2 Å². The van der Waals surface area contributed by atoms with Crippen molar-refractivity contribution in [3.63, 3.8) is 0 Å². The molecule has 2 heterocycles. The Balaban J connectivity index is 1.16. The molecule has 8 aromatic carbocycles. The molecule has 0 saturated heterocycles. The van der Waals surface area contributed by atoms with Crippen molar-refractivity contribution in [2.75, 3.05) is 9.80 Å². The van der Waals surface area contributed by atoms with Gasteiger partial charge in [-0.3, -0.25) is 0 Å². The highest BCUT2D eigenvalue weighted by Gasteiger charge is 2.36. The Morgan fingerprint density at radius 3 is 1.74 bits per heavy atom. The third-order valence-corrected chi connectivity index (χ3v) is 13.3. The van der Waals surface area contributed by atoms with Gasteiger partial charge in [-0.1, -0.05) is 149 Å². The molecule has 0 aliphatic heterocycles. The van der Waals surface area contributed by atoms with Crippen molar-refractivity contribution in [3.05, 3.63) is 204 Å². The number of allylic oxidation sites excluding steroid dienone is 3. The first-order chi connectivity index (χ1) is 30.4. The van der Waals surface area contributed by atoms with E-state index >= 15 is 0 Å². The molecule has 0 amide bonds. The van der Waals surface area contributed by atoms with Crippen LogP contribution in [0.15, 0.2) is 190 Å². The second-order valence-electron chi connectivity index (χ2n) is 17.5. The van der Waals surface area contributed by atoms with Crippen molar-refractivity contribution in [2.45, 2.75) is 46.1 Å². The molecular weight excluding hydrogens is 757 g/mol. The smallest absolute Gasteiger partial charge is 0.159 e. The average molecular weight is 803 g/mol. The summed E-state index contributed by atoms with van der Waals surface area (Å²) in [7, 11) is 0. The van der Waals surface area contributed by atoms with Gasteiger partial charge in [0.2, 0.25) is 0 Å². The largest absolute Gasteiger partial charge is 0.454 e. The fraction of sp³-hybridized carbons (Fsp3) is 0.138. The fourth-order valence-electron chi connectivity index (χ4n) is 10.5. The molecule has 0 N–H and O–H groups in total. The van der Waals surface area contributed by atoms with Crippen LogP contribution in [0.2, 0.25) is 0 Å². The zero-order valence-electron chi connectivity index (χ0n) is 35.4. The summed E-state index contributed by atoms with van der Waals surface area (Å²) in [6.07, 6.45) is 5.86. The molecule has 10 aromatic rings. The lowest BCUT2D eigenvalue weighted by atomic mass is 9.72. The Hall–Kier alpha value is -7.30. The molecule has 2 aliphatic carbocycles. The molecular formula is C58H46N2O2. The van der Waals surface area contributed by atoms with E-state index < -0.39 is 0 Å². The normalized spacial score (nSPS) is 14.7. The molecule has 0 saturated carbocycles. The molecule has 62 heavy (non-hydrogen) atoms. The van der Waals surface area contributed by atoms with E-state index in [0.29, 0.717) is 5.92 Å². The Morgan fingerprint density at radius 2 is 1.10 bits per heavy atom. The van der Waals surface area contributed by atoms with Gasteiger partial charge in [0.25, 0.3) is 0 Å². The van der Waals surface area contributed by atoms with Crippen molar-refractivity contribution >= 4 is 88.7 Å². The minimum Gasteiger partial charge on any atom is -0.454 e. The minimum absolute atomic E-state index is 0.114. The maximum absolute atomic E-state index is 6.79. The third-order valence-electron chi connectivity index (χ3n) is 13.3. The van der Waals surface area contributed by atoms with Crippen molar-refractivity contribution in [1.82, 2.24) is 0 Å². The molecule has 300 valence electrons. The minimum atomic E-state index is -0.114. The summed E-state index contributed by atoms with van der Waals surface area (Å²) in [5.41, 5.74) is 17.1. The number of anilines is 5. The van der Waals surface area contributed by atoms with Crippen LogP contribution in [0.4, 0.5) is 28.4 Å². The van der Waals surface area contributed by atoms with Crippen LogP contribution < -0.4 is 9.80 Å². The highest BCUT2D eigenvalue weighted by atomic mass is 16.3. The van der Waals surface area contributed by atoms with Crippen LogP contribution in [0.1, 0.15) is 61.9 Å². The van der Waals surface area contributed by atoms with E-state index in [0.717, 1.165) is 73.0 Å². The van der Waals surface area contributed by atoms with E-state index in [9.17, 15) is 0 Å². The van der Waals surface area contributed by atoms with Crippen LogP contribution in [-0.4, -0.2) is 0 Å². The van der Waals surface area contributed by atoms with Gasteiger partial charge in [-0.25, -0.2) is 0 Å². The number of furan rings is 2. The molecule has 12 rings (SSSR count). The molecule has 0 radical (unpaired) electrons. The molecule has 1 atom stereocenters. The summed E-state index contributed by atoms with van der Waals surface area (Å²) in [6.45, 7) is 9.36. The zero-order valence-corrected chi connectivity index (χ0v) is 35.4. The van der Waals surface area contributed by atoms with Crippen molar-refractivity contribution in [2.24, 2.45) is 5.92 Å². The van der Waals surface area contributed by atoms with Gasteiger partial charge in [0, 0.05) is 32.9 Å². The van der Waals surface area contributed by atoms with E-state index in [2.05, 4.69) is 213 Å². The Bertz CT molecular complexity index is 3460. The molecule has 4 heteroatoms. The molecule has 2 aromatic heterocycles. The third kappa shape index (κ3) is 5.45. The van der Waals surface area contributed by atoms with Gasteiger partial charge in [-0.15, -0.1) is 0 Å². The number of hydrogen-bond acceptors (Lipinski definition) is 4. The predicted molar refractivity (Wildman–Crippen MR) is 260 cm³/mol. The first-order valence-corrected chi connectivity index (χ1v) is 22.0. The Morgan fingerprint density at radius 1 is 0.516 bits per heavy atom. The first-order valence-electron chi connectivity index (χ1n) is 22.0. The van der Waals surface area contributed by atoms with Crippen LogP contribution in [0.5, 0.6) is 0 Å². The molecule has 0 bridgehead atoms. The zero-order chi connectivity index (χ0) is 41.6. The summed E-state index contributed by atoms with van der Waals surface area (Å²) in [6, 6.07) is 58.9. The number of nitrogens with zero attached hydrogens (tertiary/aromatic N) is 2. The summed E-state index contributed by atoms with van der Waals surface area (Å²) >= 11 is 0. The lowest BCUT2D eigenvalue weighted by Gasteiger charge is -2.40. The number of para-hydroxylation sites is 6. The van der Waals surface area contributed by atoms with Gasteiger partial charge < -0.3 is 18.6 Å². The second kappa shape index (κ2) is 14.1. The van der Waals surface area contributed by atoms with Crippen LogP contribution in [0.25, 0.3) is 60.2 Å². The maximum atomic E-state index is 6.79. The summed E-state index contributed by atoms with van der Waals surface area (Å²) in [5, 5.41) is 7.18. The SMILES string of the molecule is CC(C)C1=CC(N(c2ccccc2)c2cccc3c2oc2ccccc23)c2ccc3c(C(C)C)cc(N(c4ccccc4)c4cccc5c4oc4ccccc45)c4c3c2C1=CC4. The number of benzene rings is 8. The fourth-order valence-corrected chi connectivity index (χ4v) is 10.5. The number of hydrogen-bond donors (Lipinski definition) is 0. The molecule has 4 nitrogen and oxygen atoms in total. The first kappa shape index (κ1) is 36.5. The lowest BCUT2D eigenvalue weighted by Crippen LogP contribution is -2.28. The summed E-state index contributed by atoms with van der Waals surface area (Å²) in [4.78, 5) is 4.98. The van der Waals surface area contributed by atoms with Gasteiger partial charge in [0.05, 0.1) is 23.1 Å². The lowest BCUT2D eigenvalue weighted by molar-refractivity contribution is 0.665. The standard InChI is InChI=1S/C58H46N2O2/c1-35(2)47-33-51(59(37-17-7-5-8-18-37)49-25-15-23-43-39-21-11-13-27-53(39)61-57(43)49)45-32-30-42-48(36(3)4)34-52(46-31-29-41(47)55(45)56(42)46)60(38-19-9-6-10-20-38)50-26-16-24-44-40-22-12-14-28-54(40)62-58(44)50/h5-31,33-36,52H,32H2,1-4H3. The predicted octanol–water partition coefficient (Wildman–Crippen LogP) is 16.6. The van der Waals surface area contributed by atoms with E-state index in [1.807, 2.05) is 0 Å². The van der Waals surface area contributed by atoms with E-state index in [1.54, 1.807) is 0 Å². The maximum Gasteiger partial charge on any atom is 0.159 e. The van der Waals surface area contributed by atoms with Crippen molar-refractivity contribution in [1.29, 1.82) is 0 Å². The molecule has 0 fully saturated rings. The average Bonchev–Trinajstić information content (AvgIpc) is 3.89. The van der Waals surface area contributed by atoms with Crippen LogP contribution >= 0.6 is 0 Å². The van der Waals surface area contributed by atoms with Gasteiger partial charge in [-0.2, -0.15) is 0 Å². The molecule has 1 unspecified atom stereocenters. The van der Waals surface area contributed by atoms with Crippen LogP contribution in [-0.2, 0) is 6.42 Å². The highest BCUT2D eigenvalue weighted by Crippen LogP contribution is 2.55. The van der Waals surface area contributed by atoms with E-state index in [1.165, 1.54) is 49.9 Å². The quantitative estimate of drug-likeness (QED) is 0.153. The van der Waals surface area contributed by atoms with Gasteiger partial charge in [-0.05, 0) is 117 Å². The number of rotatable bonds is 8. The van der Waals surface area contributed by atoms with Crippen LogP contribution in [0.3, 0.4) is 0 Å². The topological polar surface area (TPSA) is 32.8 Å². The van der Waals surface area contributed by atoms with Gasteiger partial charge in [0.15, 0.2) is 11.2 Å². The van der Waals surface area contributed by atoms with Crippen molar-refractivity contribution in [3.8, 4) is 0 Å². The van der Waals surface area contributed by atoms with Gasteiger partial charge >= 0.3 is 0 Å². The van der Waals surface area contributed by atoms with E-state index in [-0.39, 0.29) is 12.0 Å². The summed E-state index contributed by atoms with van der Waals surface area (Å²) in [5.74, 6) is 0.577. The molecule has 0 spiro atoms. The number of fused-ring (bicyclic) bond motifs is 6. The molecule has 2 aliphatic rings. The second-order valence-corrected chi connectivity index (χ2v) is 17.5. The van der Waals surface area contributed by atoms with Crippen LogP contribution in [0, 0.1) is 5.92 Å². The Labute approximate surface area is 361 Å². The highest BCUT2D eigenvalue weighted by molar-refractivity contribution is 6.13. The van der Waals surface area contributed by atoms with Crippen molar-refractivity contribution < 1.29 is 8.83 Å². The monoisotopic (exact) mass is 802 g/mol. The van der Waals surface area contributed by atoms with E-state index in [4.69, 9.17) is 8.83 Å².